The number of hydrogen-bond donors (Lipinski definition) is 2. The lowest BCUT2D eigenvalue weighted by Crippen LogP contribution is -2.30. The van der Waals surface area contributed by atoms with Gasteiger partial charge in [0.05, 0.1) is 18.3 Å². The highest BCUT2D eigenvalue weighted by Gasteiger charge is 2.40. The highest BCUT2D eigenvalue weighted by molar-refractivity contribution is 6.06. The lowest BCUT2D eigenvalue weighted by molar-refractivity contribution is -0.0612. The summed E-state index contributed by atoms with van der Waals surface area (Å²) in [4.78, 5) is 18.6. The van der Waals surface area contributed by atoms with E-state index in [0.29, 0.717) is 18.5 Å². The van der Waals surface area contributed by atoms with E-state index < -0.39 is 52.3 Å². The number of carbonyl (C=O) groups excluding carboxylic acids is 1. The van der Waals surface area contributed by atoms with Gasteiger partial charge >= 0.3 is 6.18 Å². The summed E-state index contributed by atoms with van der Waals surface area (Å²) in [5, 5.41) is 9.26. The van der Waals surface area contributed by atoms with Gasteiger partial charge in [-0.15, -0.1) is 0 Å². The number of amides is 1. The lowest BCUT2D eigenvalue weighted by atomic mass is 9.94. The second kappa shape index (κ2) is 8.19. The minimum absolute atomic E-state index is 0.257. The number of carbonyl (C=O) groups is 1. The average molecular weight is 402 g/mol. The normalized spacial score (nSPS) is 12.8. The van der Waals surface area contributed by atoms with Gasteiger partial charge < -0.3 is 5.32 Å². The lowest BCUT2D eigenvalue weighted by Gasteiger charge is -2.18. The Labute approximate surface area is 154 Å². The highest BCUT2D eigenvalue weighted by atomic mass is 19.4. The molecule has 0 saturated carbocycles. The summed E-state index contributed by atoms with van der Waals surface area (Å²) in [6, 6.07) is 2.62. The molecular formula is C17H12F6N4O. The second-order valence-electron chi connectivity index (χ2n) is 5.46. The van der Waals surface area contributed by atoms with Crippen molar-refractivity contribution in [1.82, 2.24) is 4.98 Å². The number of nitrogens with zero attached hydrogens (tertiary/aromatic N) is 2. The van der Waals surface area contributed by atoms with Gasteiger partial charge in [0.1, 0.15) is 17.1 Å². The maximum absolute atomic E-state index is 14.3. The van der Waals surface area contributed by atoms with E-state index in [1.54, 1.807) is 0 Å². The number of hydrogen-bond acceptors (Lipinski definition) is 4. The first-order valence-electron chi connectivity index (χ1n) is 7.54. The molecule has 0 aliphatic heterocycles. The predicted molar refractivity (Wildman–Crippen MR) is 89.4 cm³/mol. The molecule has 0 spiro atoms. The molecule has 5 nitrogen and oxygen atoms in total. The van der Waals surface area contributed by atoms with E-state index >= 15 is 0 Å². The van der Waals surface area contributed by atoms with Gasteiger partial charge in [0.15, 0.2) is 11.6 Å². The summed E-state index contributed by atoms with van der Waals surface area (Å²) >= 11 is 0. The number of anilines is 1. The molecule has 11 heteroatoms. The minimum Gasteiger partial charge on any atom is -0.322 e. The van der Waals surface area contributed by atoms with E-state index in [1.165, 1.54) is 7.05 Å². The fourth-order valence-electron chi connectivity index (χ4n) is 2.31. The average Bonchev–Trinajstić information content (AvgIpc) is 2.59. The number of nitrogens with one attached hydrogen (secondary N) is 2. The molecule has 0 radical (unpaired) electrons. The first-order chi connectivity index (χ1) is 13.1. The predicted octanol–water partition coefficient (Wildman–Crippen LogP) is 4.12. The van der Waals surface area contributed by atoms with Crippen molar-refractivity contribution in [3.05, 3.63) is 59.2 Å². The molecule has 0 fully saturated rings. The Morgan fingerprint density at radius 3 is 2.29 bits per heavy atom. The van der Waals surface area contributed by atoms with E-state index in [0.717, 1.165) is 18.3 Å². The number of halogens is 6. The van der Waals surface area contributed by atoms with Crippen molar-refractivity contribution in [1.29, 1.82) is 5.41 Å². The zero-order valence-electron chi connectivity index (χ0n) is 14.1. The minimum atomic E-state index is -5.00. The topological polar surface area (TPSA) is 78.2 Å². The van der Waals surface area contributed by atoms with Gasteiger partial charge in [-0.3, -0.25) is 20.2 Å². The summed E-state index contributed by atoms with van der Waals surface area (Å²) in [6.45, 7) is 0. The third-order valence-corrected chi connectivity index (χ3v) is 3.59. The molecule has 1 aromatic carbocycles. The van der Waals surface area contributed by atoms with Crippen LogP contribution in [-0.4, -0.2) is 36.0 Å². The third kappa shape index (κ3) is 4.53. The van der Waals surface area contributed by atoms with E-state index in [9.17, 15) is 31.1 Å². The Hall–Kier alpha value is -3.24. The van der Waals surface area contributed by atoms with Crippen LogP contribution in [-0.2, 0) is 0 Å². The molecular weight excluding hydrogens is 390 g/mol. The number of aromatic nitrogens is 1. The summed E-state index contributed by atoms with van der Waals surface area (Å²) in [6.07, 6.45) is -3.02. The standard InChI is InChI=1S/C17H12F6N4O/c1-25-5-10(15(24)17(21,22)23)9-3-2-8(4-11(9)18)27-16(28)14-12(19)6-26-7-13(14)20/h2-7,10,24H,1H3,(H,27,28). The van der Waals surface area contributed by atoms with E-state index in [4.69, 9.17) is 5.41 Å². The Morgan fingerprint density at radius 2 is 1.79 bits per heavy atom. The highest BCUT2D eigenvalue weighted by Crippen LogP contribution is 2.30. The van der Waals surface area contributed by atoms with E-state index in [-0.39, 0.29) is 5.69 Å². The molecule has 2 aromatic rings. The maximum atomic E-state index is 14.3. The van der Waals surface area contributed by atoms with Crippen molar-refractivity contribution in [3.8, 4) is 0 Å². The van der Waals surface area contributed by atoms with Crippen LogP contribution < -0.4 is 5.32 Å². The van der Waals surface area contributed by atoms with Crippen LogP contribution in [0.5, 0.6) is 0 Å². The fourth-order valence-corrected chi connectivity index (χ4v) is 2.31. The molecule has 0 saturated heterocycles. The first kappa shape index (κ1) is 21.1. The molecule has 0 aliphatic rings. The smallest absolute Gasteiger partial charge is 0.322 e. The van der Waals surface area contributed by atoms with Crippen LogP contribution in [0.4, 0.5) is 32.0 Å². The molecule has 2 N–H and O–H groups in total. The molecule has 0 aliphatic carbocycles. The van der Waals surface area contributed by atoms with Crippen LogP contribution >= 0.6 is 0 Å². The van der Waals surface area contributed by atoms with Gasteiger partial charge in [-0.2, -0.15) is 13.2 Å². The van der Waals surface area contributed by atoms with Gasteiger partial charge in [-0.25, -0.2) is 13.2 Å². The molecule has 28 heavy (non-hydrogen) atoms. The molecule has 0 bridgehead atoms. The zero-order valence-corrected chi connectivity index (χ0v) is 14.1. The molecule has 1 heterocycles. The SMILES string of the molecule is CN=CC(C(=N)C(F)(F)F)c1ccc(NC(=O)c2c(F)cncc2F)cc1F. The first-order valence-corrected chi connectivity index (χ1v) is 7.54. The molecule has 1 amide bonds. The Balaban J connectivity index is 2.33. The summed E-state index contributed by atoms with van der Waals surface area (Å²) in [5.41, 5.74) is -3.44. The second-order valence-corrected chi connectivity index (χ2v) is 5.46. The van der Waals surface area contributed by atoms with Crippen molar-refractivity contribution in [2.75, 3.05) is 12.4 Å². The summed E-state index contributed by atoms with van der Waals surface area (Å²) < 4.78 is 79.9. The van der Waals surface area contributed by atoms with Crippen LogP contribution in [0.25, 0.3) is 0 Å². The van der Waals surface area contributed by atoms with Crippen molar-refractivity contribution < 1.29 is 31.1 Å². The zero-order chi connectivity index (χ0) is 21.1. The third-order valence-electron chi connectivity index (χ3n) is 3.59. The van der Waals surface area contributed by atoms with E-state index in [1.807, 2.05) is 5.32 Å². The van der Waals surface area contributed by atoms with Crippen molar-refractivity contribution in [2.24, 2.45) is 4.99 Å². The number of alkyl halides is 3. The molecule has 2 rings (SSSR count). The molecule has 1 aromatic heterocycles. The maximum Gasteiger partial charge on any atom is 0.429 e. The van der Waals surface area contributed by atoms with Crippen LogP contribution in [0, 0.1) is 22.9 Å². The quantitative estimate of drug-likeness (QED) is 0.583. The van der Waals surface area contributed by atoms with Gasteiger partial charge in [-0.05, 0) is 12.1 Å². The van der Waals surface area contributed by atoms with Gasteiger partial charge in [0.2, 0.25) is 0 Å². The molecule has 148 valence electrons. The summed E-state index contributed by atoms with van der Waals surface area (Å²) in [7, 11) is 1.17. The van der Waals surface area contributed by atoms with Crippen LogP contribution in [0.3, 0.4) is 0 Å². The van der Waals surface area contributed by atoms with E-state index in [2.05, 4.69) is 9.98 Å². The Kier molecular flexibility index (Phi) is 6.16. The Bertz CT molecular complexity index is 921. The van der Waals surface area contributed by atoms with Crippen molar-refractivity contribution in [2.45, 2.75) is 12.1 Å². The van der Waals surface area contributed by atoms with Crippen molar-refractivity contribution >= 4 is 23.5 Å². The van der Waals surface area contributed by atoms with Gasteiger partial charge in [0.25, 0.3) is 5.91 Å². The number of aliphatic imine (C=N–C) groups is 1. The number of benzene rings is 1. The molecule has 1 unspecified atom stereocenters. The fraction of sp³-hybridized carbons (Fsp3) is 0.176. The van der Waals surface area contributed by atoms with Crippen LogP contribution in [0.2, 0.25) is 0 Å². The summed E-state index contributed by atoms with van der Waals surface area (Å²) in [5.74, 6) is -6.70. The Morgan fingerprint density at radius 1 is 1.18 bits per heavy atom. The van der Waals surface area contributed by atoms with Gasteiger partial charge in [-0.1, -0.05) is 6.07 Å². The number of pyridine rings is 1. The van der Waals surface area contributed by atoms with Crippen LogP contribution in [0.1, 0.15) is 21.8 Å². The van der Waals surface area contributed by atoms with Crippen molar-refractivity contribution in [3.63, 3.8) is 0 Å². The van der Waals surface area contributed by atoms with Crippen LogP contribution in [0.15, 0.2) is 35.6 Å². The number of rotatable bonds is 5. The molecule has 1 atom stereocenters. The largest absolute Gasteiger partial charge is 0.429 e. The monoisotopic (exact) mass is 402 g/mol. The van der Waals surface area contributed by atoms with Gasteiger partial charge in [0, 0.05) is 24.5 Å².